The number of benzene rings is 1. The standard InChI is InChI=1S/C10H15N3O3S/c1-7-3-2-4-8(11)10(7)17(15,16)13-6-5-9(12)14/h2-4,13H,5-6,11H2,1H3,(H2,12,14). The van der Waals surface area contributed by atoms with Crippen molar-refractivity contribution < 1.29 is 13.2 Å². The first-order chi connectivity index (χ1) is 7.84. The second-order valence-electron chi connectivity index (χ2n) is 3.61. The average Bonchev–Trinajstić information content (AvgIpc) is 2.15. The lowest BCUT2D eigenvalue weighted by atomic mass is 10.2. The monoisotopic (exact) mass is 257 g/mol. The number of amides is 1. The number of sulfonamides is 1. The Morgan fingerprint density at radius 2 is 2.06 bits per heavy atom. The molecule has 17 heavy (non-hydrogen) atoms. The van der Waals surface area contributed by atoms with Crippen LogP contribution in [0, 0.1) is 6.92 Å². The third-order valence-electron chi connectivity index (χ3n) is 2.17. The van der Waals surface area contributed by atoms with Crippen molar-refractivity contribution in [2.45, 2.75) is 18.2 Å². The summed E-state index contributed by atoms with van der Waals surface area (Å²) >= 11 is 0. The summed E-state index contributed by atoms with van der Waals surface area (Å²) in [6.45, 7) is 1.62. The molecule has 0 atom stereocenters. The second-order valence-corrected chi connectivity index (χ2v) is 5.31. The van der Waals surface area contributed by atoms with E-state index in [9.17, 15) is 13.2 Å². The zero-order chi connectivity index (χ0) is 13.1. The van der Waals surface area contributed by atoms with Crippen molar-refractivity contribution in [3.05, 3.63) is 23.8 Å². The summed E-state index contributed by atoms with van der Waals surface area (Å²) in [5.74, 6) is -0.564. The molecule has 0 aliphatic rings. The predicted octanol–water partition coefficient (Wildman–Crippen LogP) is -0.269. The van der Waals surface area contributed by atoms with Crippen molar-refractivity contribution in [3.8, 4) is 0 Å². The van der Waals surface area contributed by atoms with Gasteiger partial charge in [0.05, 0.1) is 5.69 Å². The van der Waals surface area contributed by atoms with E-state index in [2.05, 4.69) is 4.72 Å². The van der Waals surface area contributed by atoms with Crippen LogP contribution in [0.3, 0.4) is 0 Å². The number of aryl methyl sites for hydroxylation is 1. The van der Waals surface area contributed by atoms with Crippen LogP contribution in [0.2, 0.25) is 0 Å². The van der Waals surface area contributed by atoms with E-state index in [1.165, 1.54) is 6.07 Å². The van der Waals surface area contributed by atoms with Gasteiger partial charge in [-0.25, -0.2) is 13.1 Å². The fourth-order valence-corrected chi connectivity index (χ4v) is 2.81. The third-order valence-corrected chi connectivity index (χ3v) is 3.85. The van der Waals surface area contributed by atoms with Crippen molar-refractivity contribution in [1.29, 1.82) is 0 Å². The summed E-state index contributed by atoms with van der Waals surface area (Å²) in [5.41, 5.74) is 11.3. The van der Waals surface area contributed by atoms with Gasteiger partial charge in [0, 0.05) is 13.0 Å². The molecule has 0 bridgehead atoms. The maximum atomic E-state index is 11.9. The van der Waals surface area contributed by atoms with Gasteiger partial charge in [0.15, 0.2) is 0 Å². The second kappa shape index (κ2) is 5.15. The first-order valence-corrected chi connectivity index (χ1v) is 6.46. The smallest absolute Gasteiger partial charge is 0.242 e. The van der Waals surface area contributed by atoms with Gasteiger partial charge in [-0.15, -0.1) is 0 Å². The molecule has 1 aromatic carbocycles. The number of nitrogens with two attached hydrogens (primary N) is 2. The Kier molecular flexibility index (Phi) is 4.08. The number of nitrogens with one attached hydrogen (secondary N) is 1. The molecule has 5 N–H and O–H groups in total. The van der Waals surface area contributed by atoms with Crippen LogP contribution in [0.15, 0.2) is 23.1 Å². The van der Waals surface area contributed by atoms with Gasteiger partial charge in [-0.1, -0.05) is 12.1 Å². The van der Waals surface area contributed by atoms with Gasteiger partial charge in [-0.05, 0) is 18.6 Å². The number of carbonyl (C=O) groups excluding carboxylic acids is 1. The Morgan fingerprint density at radius 3 is 2.59 bits per heavy atom. The highest BCUT2D eigenvalue weighted by atomic mass is 32.2. The Hall–Kier alpha value is -1.60. The van der Waals surface area contributed by atoms with Gasteiger partial charge in [0.1, 0.15) is 4.90 Å². The highest BCUT2D eigenvalue weighted by Crippen LogP contribution is 2.21. The van der Waals surface area contributed by atoms with Crippen molar-refractivity contribution >= 4 is 21.6 Å². The van der Waals surface area contributed by atoms with Gasteiger partial charge in [-0.2, -0.15) is 0 Å². The van der Waals surface area contributed by atoms with Crippen LogP contribution in [0.4, 0.5) is 5.69 Å². The highest BCUT2D eigenvalue weighted by molar-refractivity contribution is 7.89. The molecule has 1 aromatic rings. The molecule has 0 unspecified atom stereocenters. The lowest BCUT2D eigenvalue weighted by molar-refractivity contribution is -0.117. The van der Waals surface area contributed by atoms with Gasteiger partial charge in [0.25, 0.3) is 0 Å². The van der Waals surface area contributed by atoms with E-state index in [-0.39, 0.29) is 23.5 Å². The van der Waals surface area contributed by atoms with Gasteiger partial charge in [-0.3, -0.25) is 4.79 Å². The molecule has 0 fully saturated rings. The van der Waals surface area contributed by atoms with Crippen molar-refractivity contribution in [2.24, 2.45) is 5.73 Å². The maximum absolute atomic E-state index is 11.9. The van der Waals surface area contributed by atoms with Crippen LogP contribution in [-0.2, 0) is 14.8 Å². The predicted molar refractivity (Wildman–Crippen MR) is 64.6 cm³/mol. The Labute approximate surface area is 100 Å². The number of primary amides is 1. The zero-order valence-corrected chi connectivity index (χ0v) is 10.3. The molecular weight excluding hydrogens is 242 g/mol. The molecule has 0 radical (unpaired) electrons. The number of rotatable bonds is 5. The molecule has 0 spiro atoms. The fourth-order valence-electron chi connectivity index (χ4n) is 1.42. The normalized spacial score (nSPS) is 11.4. The molecule has 0 saturated carbocycles. The largest absolute Gasteiger partial charge is 0.398 e. The SMILES string of the molecule is Cc1cccc(N)c1S(=O)(=O)NCCC(N)=O. The van der Waals surface area contributed by atoms with Crippen LogP contribution < -0.4 is 16.2 Å². The van der Waals surface area contributed by atoms with Crippen LogP contribution in [-0.4, -0.2) is 20.9 Å². The van der Waals surface area contributed by atoms with Crippen LogP contribution in [0.25, 0.3) is 0 Å². The quantitative estimate of drug-likeness (QED) is 0.630. The molecule has 0 heterocycles. The van der Waals surface area contributed by atoms with E-state index in [0.29, 0.717) is 5.56 Å². The Morgan fingerprint density at radius 1 is 1.41 bits per heavy atom. The molecule has 1 amide bonds. The van der Waals surface area contributed by atoms with E-state index in [1.807, 2.05) is 0 Å². The highest BCUT2D eigenvalue weighted by Gasteiger charge is 2.19. The number of nitrogen functional groups attached to an aromatic ring is 1. The number of anilines is 1. The fraction of sp³-hybridized carbons (Fsp3) is 0.300. The van der Waals surface area contributed by atoms with Crippen LogP contribution in [0.5, 0.6) is 0 Å². The summed E-state index contributed by atoms with van der Waals surface area (Å²) < 4.78 is 26.1. The van der Waals surface area contributed by atoms with Crippen molar-refractivity contribution in [3.63, 3.8) is 0 Å². The van der Waals surface area contributed by atoms with Crippen molar-refractivity contribution in [1.82, 2.24) is 4.72 Å². The molecule has 6 nitrogen and oxygen atoms in total. The third kappa shape index (κ3) is 3.43. The molecular formula is C10H15N3O3S. The minimum atomic E-state index is -3.70. The van der Waals surface area contributed by atoms with Crippen LogP contribution in [0.1, 0.15) is 12.0 Å². The maximum Gasteiger partial charge on any atom is 0.242 e. The zero-order valence-electron chi connectivity index (χ0n) is 9.43. The Balaban J connectivity index is 2.94. The van der Waals surface area contributed by atoms with Gasteiger partial charge in [0.2, 0.25) is 15.9 Å². The lowest BCUT2D eigenvalue weighted by Crippen LogP contribution is -2.29. The first kappa shape index (κ1) is 13.5. The number of carbonyl (C=O) groups is 1. The molecule has 1 rings (SSSR count). The summed E-state index contributed by atoms with van der Waals surface area (Å²) in [6.07, 6.45) is -0.0506. The summed E-state index contributed by atoms with van der Waals surface area (Å²) in [6, 6.07) is 4.84. The van der Waals surface area contributed by atoms with E-state index < -0.39 is 15.9 Å². The summed E-state index contributed by atoms with van der Waals surface area (Å²) in [5, 5.41) is 0. The number of hydrogen-bond donors (Lipinski definition) is 3. The van der Waals surface area contributed by atoms with Crippen LogP contribution >= 0.6 is 0 Å². The van der Waals surface area contributed by atoms with E-state index in [1.54, 1.807) is 19.1 Å². The molecule has 94 valence electrons. The van der Waals surface area contributed by atoms with E-state index >= 15 is 0 Å². The average molecular weight is 257 g/mol. The molecule has 7 heteroatoms. The minimum Gasteiger partial charge on any atom is -0.398 e. The summed E-state index contributed by atoms with van der Waals surface area (Å²) in [7, 11) is -3.70. The summed E-state index contributed by atoms with van der Waals surface area (Å²) in [4.78, 5) is 10.6. The molecule has 0 aliphatic heterocycles. The van der Waals surface area contributed by atoms with Crippen molar-refractivity contribution in [2.75, 3.05) is 12.3 Å². The van der Waals surface area contributed by atoms with E-state index in [0.717, 1.165) is 0 Å². The molecule has 0 saturated heterocycles. The first-order valence-electron chi connectivity index (χ1n) is 4.97. The number of hydrogen-bond acceptors (Lipinski definition) is 4. The van der Waals surface area contributed by atoms with Gasteiger partial charge >= 0.3 is 0 Å². The lowest BCUT2D eigenvalue weighted by Gasteiger charge is -2.10. The topological polar surface area (TPSA) is 115 Å². The minimum absolute atomic E-state index is 0.0363. The molecule has 0 aliphatic carbocycles. The Bertz CT molecular complexity index is 505. The van der Waals surface area contributed by atoms with Gasteiger partial charge < -0.3 is 11.5 Å². The molecule has 0 aromatic heterocycles. The van der Waals surface area contributed by atoms with E-state index in [4.69, 9.17) is 11.5 Å².